The third kappa shape index (κ3) is 2.97. The summed E-state index contributed by atoms with van der Waals surface area (Å²) in [6.07, 6.45) is 2.35. The summed E-state index contributed by atoms with van der Waals surface area (Å²) in [7, 11) is 0. The molecule has 1 unspecified atom stereocenters. The molecule has 2 heterocycles. The molecule has 0 fully saturated rings. The van der Waals surface area contributed by atoms with Crippen LogP contribution in [0.5, 0.6) is 0 Å². The Morgan fingerprint density at radius 3 is 3.09 bits per heavy atom. The van der Waals surface area contributed by atoms with Gasteiger partial charge < -0.3 is 4.90 Å². The SMILES string of the molecule is CC1CCN(C(=O)Cn2cnc(C#N)n2)c2ccccc2S1. The summed E-state index contributed by atoms with van der Waals surface area (Å²) in [5, 5.41) is 13.2. The third-order valence-corrected chi connectivity index (χ3v) is 4.72. The van der Waals surface area contributed by atoms with Crippen LogP contribution < -0.4 is 4.90 Å². The number of anilines is 1. The van der Waals surface area contributed by atoms with Crippen LogP contribution in [0.3, 0.4) is 0 Å². The van der Waals surface area contributed by atoms with Gasteiger partial charge in [-0.1, -0.05) is 19.1 Å². The summed E-state index contributed by atoms with van der Waals surface area (Å²) in [5.41, 5.74) is 0.947. The minimum absolute atomic E-state index is 0.0449. The van der Waals surface area contributed by atoms with E-state index < -0.39 is 0 Å². The van der Waals surface area contributed by atoms with Crippen LogP contribution in [0.15, 0.2) is 35.5 Å². The van der Waals surface area contributed by atoms with Crippen LogP contribution in [0.25, 0.3) is 0 Å². The van der Waals surface area contributed by atoms with E-state index in [2.05, 4.69) is 17.0 Å². The van der Waals surface area contributed by atoms with E-state index in [1.807, 2.05) is 30.3 Å². The molecule has 1 aromatic carbocycles. The molecular weight excluding hydrogens is 298 g/mol. The number of rotatable bonds is 2. The van der Waals surface area contributed by atoms with Gasteiger partial charge in [-0.3, -0.25) is 4.79 Å². The number of benzene rings is 1. The lowest BCUT2D eigenvalue weighted by molar-refractivity contribution is -0.119. The zero-order valence-electron chi connectivity index (χ0n) is 12.1. The van der Waals surface area contributed by atoms with Crippen molar-refractivity contribution >= 4 is 23.4 Å². The molecule has 0 aliphatic carbocycles. The molecule has 0 saturated carbocycles. The fourth-order valence-corrected chi connectivity index (χ4v) is 3.50. The molecule has 0 spiro atoms. The van der Waals surface area contributed by atoms with Gasteiger partial charge in [0.25, 0.3) is 5.82 Å². The first kappa shape index (κ1) is 14.6. The van der Waals surface area contributed by atoms with Crippen LogP contribution in [0.2, 0.25) is 0 Å². The summed E-state index contributed by atoms with van der Waals surface area (Å²) < 4.78 is 1.41. The lowest BCUT2D eigenvalue weighted by Crippen LogP contribution is -2.35. The number of fused-ring (bicyclic) bond motifs is 1. The lowest BCUT2D eigenvalue weighted by Gasteiger charge is -2.22. The minimum Gasteiger partial charge on any atom is -0.310 e. The van der Waals surface area contributed by atoms with E-state index in [-0.39, 0.29) is 18.3 Å². The second-order valence-corrected chi connectivity index (χ2v) is 6.59. The van der Waals surface area contributed by atoms with Gasteiger partial charge in [-0.2, -0.15) is 5.26 Å². The van der Waals surface area contributed by atoms with Crippen molar-refractivity contribution in [1.82, 2.24) is 14.8 Å². The first-order chi connectivity index (χ1) is 10.7. The molecule has 6 nitrogen and oxygen atoms in total. The van der Waals surface area contributed by atoms with Gasteiger partial charge in [-0.25, -0.2) is 9.67 Å². The van der Waals surface area contributed by atoms with Crippen LogP contribution in [-0.4, -0.2) is 32.5 Å². The molecule has 0 saturated heterocycles. The van der Waals surface area contributed by atoms with E-state index >= 15 is 0 Å². The quantitative estimate of drug-likeness (QED) is 0.848. The lowest BCUT2D eigenvalue weighted by atomic mass is 10.2. The van der Waals surface area contributed by atoms with Crippen molar-refractivity contribution in [3.8, 4) is 6.07 Å². The number of hydrogen-bond donors (Lipinski definition) is 0. The van der Waals surface area contributed by atoms with Gasteiger partial charge >= 0.3 is 0 Å². The Kier molecular flexibility index (Phi) is 4.11. The smallest absolute Gasteiger partial charge is 0.252 e. The van der Waals surface area contributed by atoms with Gasteiger partial charge in [0, 0.05) is 16.7 Å². The average molecular weight is 313 g/mol. The summed E-state index contributed by atoms with van der Waals surface area (Å²) in [5.74, 6) is 0.0322. The number of aromatic nitrogens is 3. The highest BCUT2D eigenvalue weighted by atomic mass is 32.2. The monoisotopic (exact) mass is 313 g/mol. The molecule has 7 heteroatoms. The number of hydrogen-bond acceptors (Lipinski definition) is 5. The molecule has 1 atom stereocenters. The van der Waals surface area contributed by atoms with Gasteiger partial charge in [-0.15, -0.1) is 16.9 Å². The van der Waals surface area contributed by atoms with Crippen molar-refractivity contribution in [3.63, 3.8) is 0 Å². The Labute approximate surface area is 132 Å². The number of thioether (sulfide) groups is 1. The highest BCUT2D eigenvalue weighted by molar-refractivity contribution is 8.00. The van der Waals surface area contributed by atoms with E-state index in [9.17, 15) is 4.79 Å². The largest absolute Gasteiger partial charge is 0.310 e. The van der Waals surface area contributed by atoms with Crippen molar-refractivity contribution in [2.24, 2.45) is 0 Å². The number of nitriles is 1. The van der Waals surface area contributed by atoms with Crippen LogP contribution in [0, 0.1) is 11.3 Å². The Hall–Kier alpha value is -2.33. The van der Waals surface area contributed by atoms with Crippen LogP contribution >= 0.6 is 11.8 Å². The first-order valence-corrected chi connectivity index (χ1v) is 7.91. The molecule has 1 aliphatic heterocycles. The molecule has 112 valence electrons. The Bertz CT molecular complexity index is 736. The number of carbonyl (C=O) groups excluding carboxylic acids is 1. The van der Waals surface area contributed by atoms with Crippen molar-refractivity contribution < 1.29 is 4.79 Å². The van der Waals surface area contributed by atoms with E-state index in [1.54, 1.807) is 16.7 Å². The van der Waals surface area contributed by atoms with E-state index in [0.717, 1.165) is 17.0 Å². The molecule has 22 heavy (non-hydrogen) atoms. The zero-order chi connectivity index (χ0) is 15.5. The maximum absolute atomic E-state index is 12.6. The van der Waals surface area contributed by atoms with Crippen LogP contribution in [0.4, 0.5) is 5.69 Å². The molecule has 0 radical (unpaired) electrons. The van der Waals surface area contributed by atoms with Crippen molar-refractivity contribution in [2.75, 3.05) is 11.4 Å². The number of para-hydroxylation sites is 1. The van der Waals surface area contributed by atoms with E-state index in [0.29, 0.717) is 11.8 Å². The summed E-state index contributed by atoms with van der Waals surface area (Å²) in [6.45, 7) is 2.94. The van der Waals surface area contributed by atoms with Crippen molar-refractivity contribution in [2.45, 2.75) is 30.0 Å². The molecule has 2 aromatic rings. The molecular formula is C15H15N5OS. The van der Waals surface area contributed by atoms with E-state index in [1.165, 1.54) is 11.0 Å². The van der Waals surface area contributed by atoms with Gasteiger partial charge in [0.1, 0.15) is 18.9 Å². The topological polar surface area (TPSA) is 74.8 Å². The van der Waals surface area contributed by atoms with Crippen LogP contribution in [0.1, 0.15) is 19.2 Å². The van der Waals surface area contributed by atoms with Crippen molar-refractivity contribution in [1.29, 1.82) is 5.26 Å². The maximum Gasteiger partial charge on any atom is 0.252 e. The van der Waals surface area contributed by atoms with Gasteiger partial charge in [0.05, 0.1) is 5.69 Å². The number of carbonyl (C=O) groups is 1. The minimum atomic E-state index is -0.0449. The molecule has 1 aromatic heterocycles. The summed E-state index contributed by atoms with van der Waals surface area (Å²) in [6, 6.07) is 9.81. The highest BCUT2D eigenvalue weighted by Gasteiger charge is 2.24. The Balaban J connectivity index is 1.84. The molecule has 1 aliphatic rings. The number of nitrogens with zero attached hydrogens (tertiary/aromatic N) is 5. The normalized spacial score (nSPS) is 17.5. The molecule has 1 amide bonds. The third-order valence-electron chi connectivity index (χ3n) is 3.48. The summed E-state index contributed by atoms with van der Waals surface area (Å²) in [4.78, 5) is 19.4. The summed E-state index contributed by atoms with van der Waals surface area (Å²) >= 11 is 1.80. The molecule has 0 N–H and O–H groups in total. The second-order valence-electron chi connectivity index (χ2n) is 5.11. The average Bonchev–Trinajstić information content (AvgIpc) is 2.89. The first-order valence-electron chi connectivity index (χ1n) is 7.03. The number of amides is 1. The van der Waals surface area contributed by atoms with Gasteiger partial charge in [0.2, 0.25) is 5.91 Å². The predicted octanol–water partition coefficient (Wildman–Crippen LogP) is 2.07. The van der Waals surface area contributed by atoms with Crippen LogP contribution in [-0.2, 0) is 11.3 Å². The standard InChI is InChI=1S/C15H15N5OS/c1-11-6-7-20(12-4-2-3-5-13(12)22-11)15(21)9-19-10-17-14(8-16)18-19/h2-5,10-11H,6-7,9H2,1H3. The Morgan fingerprint density at radius 1 is 1.50 bits per heavy atom. The van der Waals surface area contributed by atoms with Gasteiger partial charge in [0.15, 0.2) is 0 Å². The molecule has 3 rings (SSSR count). The second kappa shape index (κ2) is 6.20. The van der Waals surface area contributed by atoms with Gasteiger partial charge in [-0.05, 0) is 18.6 Å². The predicted molar refractivity (Wildman–Crippen MR) is 83.5 cm³/mol. The zero-order valence-corrected chi connectivity index (χ0v) is 13.0. The van der Waals surface area contributed by atoms with E-state index in [4.69, 9.17) is 5.26 Å². The maximum atomic E-state index is 12.6. The fourth-order valence-electron chi connectivity index (χ4n) is 2.39. The molecule has 0 bridgehead atoms. The highest BCUT2D eigenvalue weighted by Crippen LogP contribution is 2.37. The fraction of sp³-hybridized carbons (Fsp3) is 0.333. The Morgan fingerprint density at radius 2 is 2.32 bits per heavy atom. The van der Waals surface area contributed by atoms with Crippen molar-refractivity contribution in [3.05, 3.63) is 36.4 Å².